The SMILES string of the molecule is Cc1ccccc1OCC(=O)N1CCN(c2ccc(N3CCN(CCO)CC3)nn2)CC1. The first-order chi connectivity index (χ1) is 15.6. The quantitative estimate of drug-likeness (QED) is 0.671. The molecule has 3 heterocycles. The number of ether oxygens (including phenoxy) is 1. The molecule has 172 valence electrons. The Kier molecular flexibility index (Phi) is 7.39. The molecule has 0 spiro atoms. The van der Waals surface area contributed by atoms with Gasteiger partial charge in [-0.3, -0.25) is 9.69 Å². The maximum atomic E-state index is 12.5. The van der Waals surface area contributed by atoms with Gasteiger partial charge in [0.15, 0.2) is 18.2 Å². The summed E-state index contributed by atoms with van der Waals surface area (Å²) in [5.74, 6) is 2.50. The topological polar surface area (TPSA) is 85.3 Å². The van der Waals surface area contributed by atoms with E-state index in [0.717, 1.165) is 68.8 Å². The third kappa shape index (κ3) is 5.46. The number of para-hydroxylation sites is 1. The number of hydrogen-bond acceptors (Lipinski definition) is 8. The summed E-state index contributed by atoms with van der Waals surface area (Å²) >= 11 is 0. The van der Waals surface area contributed by atoms with Crippen LogP contribution in [-0.4, -0.2) is 103 Å². The van der Waals surface area contributed by atoms with Crippen LogP contribution in [0.3, 0.4) is 0 Å². The molecule has 1 N–H and O–H groups in total. The molecule has 4 rings (SSSR count). The first-order valence-electron chi connectivity index (χ1n) is 11.3. The Morgan fingerprint density at radius 3 is 2.06 bits per heavy atom. The number of carbonyl (C=O) groups is 1. The van der Waals surface area contributed by atoms with Crippen LogP contribution in [0.15, 0.2) is 36.4 Å². The summed E-state index contributed by atoms with van der Waals surface area (Å²) in [7, 11) is 0. The number of aliphatic hydroxyl groups excluding tert-OH is 1. The highest BCUT2D eigenvalue weighted by Gasteiger charge is 2.23. The lowest BCUT2D eigenvalue weighted by Crippen LogP contribution is -2.50. The van der Waals surface area contributed by atoms with Gasteiger partial charge in [-0.15, -0.1) is 10.2 Å². The van der Waals surface area contributed by atoms with Crippen molar-refractivity contribution in [1.29, 1.82) is 0 Å². The van der Waals surface area contributed by atoms with Crippen LogP contribution in [-0.2, 0) is 4.79 Å². The van der Waals surface area contributed by atoms with Gasteiger partial charge in [-0.25, -0.2) is 0 Å². The maximum Gasteiger partial charge on any atom is 0.260 e. The van der Waals surface area contributed by atoms with Crippen LogP contribution in [0.2, 0.25) is 0 Å². The molecule has 2 aliphatic rings. The average Bonchev–Trinajstić information content (AvgIpc) is 2.84. The molecule has 0 bridgehead atoms. The van der Waals surface area contributed by atoms with E-state index in [0.29, 0.717) is 13.1 Å². The highest BCUT2D eigenvalue weighted by atomic mass is 16.5. The van der Waals surface area contributed by atoms with E-state index >= 15 is 0 Å². The molecule has 2 fully saturated rings. The molecule has 2 aromatic rings. The lowest BCUT2D eigenvalue weighted by molar-refractivity contribution is -0.133. The summed E-state index contributed by atoms with van der Waals surface area (Å²) in [6.07, 6.45) is 0. The Balaban J connectivity index is 1.23. The van der Waals surface area contributed by atoms with Gasteiger partial charge >= 0.3 is 0 Å². The van der Waals surface area contributed by atoms with Crippen LogP contribution in [0.25, 0.3) is 0 Å². The van der Waals surface area contributed by atoms with Crippen molar-refractivity contribution in [3.8, 4) is 5.75 Å². The molecule has 0 radical (unpaired) electrons. The monoisotopic (exact) mass is 440 g/mol. The van der Waals surface area contributed by atoms with Crippen molar-refractivity contribution < 1.29 is 14.6 Å². The number of carbonyl (C=O) groups excluding carboxylic acids is 1. The zero-order valence-corrected chi connectivity index (χ0v) is 18.7. The first-order valence-corrected chi connectivity index (χ1v) is 11.3. The number of benzene rings is 1. The van der Waals surface area contributed by atoms with Crippen LogP contribution in [0.1, 0.15) is 5.56 Å². The second-order valence-corrected chi connectivity index (χ2v) is 8.22. The van der Waals surface area contributed by atoms with Crippen molar-refractivity contribution in [3.05, 3.63) is 42.0 Å². The Morgan fingerprint density at radius 1 is 0.906 bits per heavy atom. The number of anilines is 2. The third-order valence-corrected chi connectivity index (χ3v) is 6.15. The molecule has 2 aliphatic heterocycles. The molecular weight excluding hydrogens is 408 g/mol. The Hall–Kier alpha value is -2.91. The highest BCUT2D eigenvalue weighted by molar-refractivity contribution is 5.78. The van der Waals surface area contributed by atoms with E-state index in [2.05, 4.69) is 24.9 Å². The molecule has 0 unspecified atom stereocenters. The van der Waals surface area contributed by atoms with Crippen LogP contribution in [0.4, 0.5) is 11.6 Å². The van der Waals surface area contributed by atoms with Gasteiger partial charge in [0.2, 0.25) is 0 Å². The summed E-state index contributed by atoms with van der Waals surface area (Å²) in [4.78, 5) is 21.0. The normalized spacial score (nSPS) is 17.5. The van der Waals surface area contributed by atoms with Crippen molar-refractivity contribution in [1.82, 2.24) is 20.0 Å². The second kappa shape index (κ2) is 10.6. The molecule has 0 atom stereocenters. The number of aryl methyl sites for hydroxylation is 1. The van der Waals surface area contributed by atoms with E-state index < -0.39 is 0 Å². The fourth-order valence-electron chi connectivity index (χ4n) is 4.13. The number of aliphatic hydroxyl groups is 1. The van der Waals surface area contributed by atoms with E-state index in [-0.39, 0.29) is 19.1 Å². The molecule has 1 aromatic carbocycles. The number of amides is 1. The summed E-state index contributed by atoms with van der Waals surface area (Å²) in [6, 6.07) is 11.8. The fourth-order valence-corrected chi connectivity index (χ4v) is 4.13. The van der Waals surface area contributed by atoms with Crippen LogP contribution < -0.4 is 14.5 Å². The predicted octanol–water partition coefficient (Wildman–Crippen LogP) is 0.627. The van der Waals surface area contributed by atoms with Gasteiger partial charge in [0, 0.05) is 58.9 Å². The van der Waals surface area contributed by atoms with Crippen LogP contribution in [0.5, 0.6) is 5.75 Å². The zero-order chi connectivity index (χ0) is 22.3. The van der Waals surface area contributed by atoms with Gasteiger partial charge in [0.25, 0.3) is 5.91 Å². The molecular formula is C23H32N6O3. The lowest BCUT2D eigenvalue weighted by atomic mass is 10.2. The molecule has 1 amide bonds. The minimum Gasteiger partial charge on any atom is -0.484 e. The molecule has 2 saturated heterocycles. The number of rotatable bonds is 7. The second-order valence-electron chi connectivity index (χ2n) is 8.22. The van der Waals surface area contributed by atoms with Gasteiger partial charge in [-0.1, -0.05) is 18.2 Å². The molecule has 9 nitrogen and oxygen atoms in total. The number of hydrogen-bond donors (Lipinski definition) is 1. The van der Waals surface area contributed by atoms with Gasteiger partial charge in [-0.05, 0) is 30.7 Å². The predicted molar refractivity (Wildman–Crippen MR) is 123 cm³/mol. The minimum atomic E-state index is 0.00896. The van der Waals surface area contributed by atoms with Gasteiger partial charge < -0.3 is 24.5 Å². The Bertz CT molecular complexity index is 878. The number of nitrogens with zero attached hydrogens (tertiary/aromatic N) is 6. The Morgan fingerprint density at radius 2 is 1.50 bits per heavy atom. The third-order valence-electron chi connectivity index (χ3n) is 6.15. The number of β-amino-alcohol motifs (C(OH)–C–C–N with tert-alkyl or cyclic N) is 1. The summed E-state index contributed by atoms with van der Waals surface area (Å²) in [6.45, 7) is 9.33. The summed E-state index contributed by atoms with van der Waals surface area (Å²) in [5.41, 5.74) is 1.03. The van der Waals surface area contributed by atoms with Gasteiger partial charge in [0.05, 0.1) is 6.61 Å². The van der Waals surface area contributed by atoms with E-state index in [1.165, 1.54) is 0 Å². The van der Waals surface area contributed by atoms with Gasteiger partial charge in [-0.2, -0.15) is 0 Å². The molecule has 1 aromatic heterocycles. The van der Waals surface area contributed by atoms with E-state index in [1.807, 2.05) is 48.2 Å². The summed E-state index contributed by atoms with van der Waals surface area (Å²) in [5, 5.41) is 18.0. The largest absolute Gasteiger partial charge is 0.484 e. The van der Waals surface area contributed by atoms with E-state index in [1.54, 1.807) is 0 Å². The van der Waals surface area contributed by atoms with E-state index in [9.17, 15) is 4.79 Å². The highest BCUT2D eigenvalue weighted by Crippen LogP contribution is 2.19. The lowest BCUT2D eigenvalue weighted by Gasteiger charge is -2.36. The van der Waals surface area contributed by atoms with E-state index in [4.69, 9.17) is 9.84 Å². The molecule has 0 aliphatic carbocycles. The average molecular weight is 441 g/mol. The van der Waals surface area contributed by atoms with Crippen molar-refractivity contribution in [2.24, 2.45) is 0 Å². The maximum absolute atomic E-state index is 12.5. The molecule has 9 heteroatoms. The standard InChI is InChI=1S/C23H32N6O3/c1-19-4-2-3-5-20(19)32-18-23(31)29-14-12-28(13-15-29)22-7-6-21(24-25-22)27-10-8-26(9-11-27)16-17-30/h2-7,30H,8-18H2,1H3. The van der Waals surface area contributed by atoms with Gasteiger partial charge in [0.1, 0.15) is 5.75 Å². The smallest absolute Gasteiger partial charge is 0.260 e. The van der Waals surface area contributed by atoms with Crippen molar-refractivity contribution >= 4 is 17.5 Å². The number of piperazine rings is 2. The molecule has 32 heavy (non-hydrogen) atoms. The number of aromatic nitrogens is 2. The van der Waals surface area contributed by atoms with Crippen molar-refractivity contribution in [3.63, 3.8) is 0 Å². The van der Waals surface area contributed by atoms with Crippen molar-refractivity contribution in [2.75, 3.05) is 81.9 Å². The minimum absolute atomic E-state index is 0.00896. The first kappa shape index (κ1) is 22.3. The fraction of sp³-hybridized carbons (Fsp3) is 0.522. The Labute approximate surface area is 189 Å². The van der Waals surface area contributed by atoms with Crippen LogP contribution >= 0.6 is 0 Å². The molecule has 0 saturated carbocycles. The van der Waals surface area contributed by atoms with Crippen molar-refractivity contribution in [2.45, 2.75) is 6.92 Å². The summed E-state index contributed by atoms with van der Waals surface area (Å²) < 4.78 is 5.71. The van der Waals surface area contributed by atoms with Crippen LogP contribution in [0, 0.1) is 6.92 Å². The zero-order valence-electron chi connectivity index (χ0n) is 18.7.